The number of hydrogen-bond acceptors (Lipinski definition) is 4. The van der Waals surface area contributed by atoms with Crippen molar-refractivity contribution in [1.82, 2.24) is 10.2 Å². The zero-order chi connectivity index (χ0) is 13.0. The van der Waals surface area contributed by atoms with E-state index in [9.17, 15) is 0 Å². The summed E-state index contributed by atoms with van der Waals surface area (Å²) in [5, 5.41) is 12.3. The standard InChI is InChI=1S/C14H20N4/c1-17-8-7-16-13(10-17)11-18(2)14-5-3-12(9-15)4-6-14/h3-6,13,16H,7-8,10-11H2,1-2H3. The predicted octanol–water partition coefficient (Wildman–Crippen LogP) is 0.898. The Kier molecular flexibility index (Phi) is 4.19. The zero-order valence-electron chi connectivity index (χ0n) is 11.1. The van der Waals surface area contributed by atoms with E-state index in [0.29, 0.717) is 11.6 Å². The van der Waals surface area contributed by atoms with Crippen LogP contribution in [0.4, 0.5) is 5.69 Å². The molecule has 1 heterocycles. The number of anilines is 1. The van der Waals surface area contributed by atoms with Gasteiger partial charge in [-0.3, -0.25) is 0 Å². The van der Waals surface area contributed by atoms with Crippen LogP contribution in [0, 0.1) is 11.3 Å². The Morgan fingerprint density at radius 3 is 2.78 bits per heavy atom. The lowest BCUT2D eigenvalue weighted by molar-refractivity contribution is 0.241. The van der Waals surface area contributed by atoms with Crippen LogP contribution in [0.5, 0.6) is 0 Å². The molecule has 0 radical (unpaired) electrons. The first-order chi connectivity index (χ1) is 8.69. The molecule has 1 aromatic carbocycles. The van der Waals surface area contributed by atoms with Crippen molar-refractivity contribution in [1.29, 1.82) is 5.26 Å². The average molecular weight is 244 g/mol. The molecule has 0 aliphatic carbocycles. The minimum atomic E-state index is 0.504. The van der Waals surface area contributed by atoms with Crippen LogP contribution in [0.15, 0.2) is 24.3 Å². The Balaban J connectivity index is 1.94. The summed E-state index contributed by atoms with van der Waals surface area (Å²) < 4.78 is 0. The molecule has 18 heavy (non-hydrogen) atoms. The summed E-state index contributed by atoms with van der Waals surface area (Å²) in [5.41, 5.74) is 1.87. The molecule has 2 rings (SSSR count). The first kappa shape index (κ1) is 12.9. The predicted molar refractivity (Wildman–Crippen MR) is 73.7 cm³/mol. The Labute approximate surface area is 109 Å². The summed E-state index contributed by atoms with van der Waals surface area (Å²) in [4.78, 5) is 4.59. The number of benzene rings is 1. The molecule has 96 valence electrons. The van der Waals surface area contributed by atoms with Gasteiger partial charge in [-0.15, -0.1) is 0 Å². The Bertz CT molecular complexity index is 420. The first-order valence-corrected chi connectivity index (χ1v) is 6.32. The summed E-state index contributed by atoms with van der Waals surface area (Å²) in [6.45, 7) is 4.25. The number of nitrogens with zero attached hydrogens (tertiary/aromatic N) is 3. The van der Waals surface area contributed by atoms with Gasteiger partial charge in [0.05, 0.1) is 11.6 Å². The van der Waals surface area contributed by atoms with E-state index in [1.165, 1.54) is 0 Å². The minimum absolute atomic E-state index is 0.504. The van der Waals surface area contributed by atoms with Crippen molar-refractivity contribution >= 4 is 5.69 Å². The third-order valence-corrected chi connectivity index (χ3v) is 3.39. The van der Waals surface area contributed by atoms with Crippen molar-refractivity contribution in [2.75, 3.05) is 45.2 Å². The van der Waals surface area contributed by atoms with Gasteiger partial charge in [0.15, 0.2) is 0 Å². The van der Waals surface area contributed by atoms with Gasteiger partial charge in [0, 0.05) is 45.0 Å². The van der Waals surface area contributed by atoms with Gasteiger partial charge >= 0.3 is 0 Å². The monoisotopic (exact) mass is 244 g/mol. The SMILES string of the molecule is CN1CCNC(CN(C)c2ccc(C#N)cc2)C1. The molecule has 1 unspecified atom stereocenters. The topological polar surface area (TPSA) is 42.3 Å². The molecular formula is C14H20N4. The highest BCUT2D eigenvalue weighted by atomic mass is 15.2. The van der Waals surface area contributed by atoms with Crippen molar-refractivity contribution in [2.24, 2.45) is 0 Å². The molecule has 4 heteroatoms. The van der Waals surface area contributed by atoms with Crippen molar-refractivity contribution in [3.63, 3.8) is 0 Å². The summed E-state index contributed by atoms with van der Waals surface area (Å²) in [6, 6.07) is 10.4. The van der Waals surface area contributed by atoms with E-state index in [4.69, 9.17) is 5.26 Å². The second-order valence-electron chi connectivity index (χ2n) is 4.95. The van der Waals surface area contributed by atoms with Crippen molar-refractivity contribution in [3.8, 4) is 6.07 Å². The maximum absolute atomic E-state index is 8.78. The van der Waals surface area contributed by atoms with Crippen LogP contribution in [0.2, 0.25) is 0 Å². The molecule has 1 aliphatic heterocycles. The molecule has 0 bridgehead atoms. The lowest BCUT2D eigenvalue weighted by Crippen LogP contribution is -2.53. The van der Waals surface area contributed by atoms with Gasteiger partial charge in [0.25, 0.3) is 0 Å². The van der Waals surface area contributed by atoms with Gasteiger partial charge in [0.1, 0.15) is 0 Å². The Morgan fingerprint density at radius 2 is 2.17 bits per heavy atom. The molecule has 0 saturated carbocycles. The van der Waals surface area contributed by atoms with Gasteiger partial charge in [-0.25, -0.2) is 0 Å². The highest BCUT2D eigenvalue weighted by molar-refractivity contribution is 5.49. The van der Waals surface area contributed by atoms with Crippen LogP contribution in [0.3, 0.4) is 0 Å². The van der Waals surface area contributed by atoms with E-state index in [0.717, 1.165) is 31.9 Å². The summed E-state index contributed by atoms with van der Waals surface area (Å²) in [6.07, 6.45) is 0. The smallest absolute Gasteiger partial charge is 0.0991 e. The van der Waals surface area contributed by atoms with E-state index < -0.39 is 0 Å². The first-order valence-electron chi connectivity index (χ1n) is 6.32. The average Bonchev–Trinajstić information content (AvgIpc) is 2.39. The van der Waals surface area contributed by atoms with Crippen molar-refractivity contribution in [3.05, 3.63) is 29.8 Å². The van der Waals surface area contributed by atoms with Gasteiger partial charge in [-0.2, -0.15) is 5.26 Å². The van der Waals surface area contributed by atoms with E-state index in [2.05, 4.69) is 35.3 Å². The van der Waals surface area contributed by atoms with Gasteiger partial charge in [0.2, 0.25) is 0 Å². The Hall–Kier alpha value is -1.57. The van der Waals surface area contributed by atoms with Crippen LogP contribution in [0.25, 0.3) is 0 Å². The maximum atomic E-state index is 8.78. The van der Waals surface area contributed by atoms with Gasteiger partial charge in [-0.1, -0.05) is 0 Å². The largest absolute Gasteiger partial charge is 0.373 e. The van der Waals surface area contributed by atoms with Crippen LogP contribution >= 0.6 is 0 Å². The van der Waals surface area contributed by atoms with E-state index in [1.54, 1.807) is 0 Å². The second-order valence-corrected chi connectivity index (χ2v) is 4.95. The third-order valence-electron chi connectivity index (χ3n) is 3.39. The molecule has 1 fully saturated rings. The van der Waals surface area contributed by atoms with E-state index in [1.807, 2.05) is 24.3 Å². The number of nitriles is 1. The highest BCUT2D eigenvalue weighted by Gasteiger charge is 2.17. The molecule has 1 atom stereocenters. The maximum Gasteiger partial charge on any atom is 0.0991 e. The van der Waals surface area contributed by atoms with Gasteiger partial charge in [-0.05, 0) is 31.3 Å². The molecule has 0 aromatic heterocycles. The number of nitrogens with one attached hydrogen (secondary N) is 1. The fraction of sp³-hybridized carbons (Fsp3) is 0.500. The van der Waals surface area contributed by atoms with Crippen LogP contribution in [-0.2, 0) is 0 Å². The molecule has 1 N–H and O–H groups in total. The van der Waals surface area contributed by atoms with Gasteiger partial charge < -0.3 is 15.1 Å². The molecule has 4 nitrogen and oxygen atoms in total. The van der Waals surface area contributed by atoms with Crippen molar-refractivity contribution in [2.45, 2.75) is 6.04 Å². The van der Waals surface area contributed by atoms with Crippen molar-refractivity contribution < 1.29 is 0 Å². The number of piperazine rings is 1. The summed E-state index contributed by atoms with van der Waals surface area (Å²) >= 11 is 0. The second kappa shape index (κ2) is 5.85. The third kappa shape index (κ3) is 3.22. The fourth-order valence-electron chi connectivity index (χ4n) is 2.34. The number of likely N-dealkylation sites (N-methyl/N-ethyl adjacent to an activating group) is 2. The minimum Gasteiger partial charge on any atom is -0.373 e. The summed E-state index contributed by atoms with van der Waals surface area (Å²) in [5.74, 6) is 0. The highest BCUT2D eigenvalue weighted by Crippen LogP contribution is 2.14. The molecule has 1 aromatic rings. The molecule has 1 aliphatic rings. The lowest BCUT2D eigenvalue weighted by atomic mass is 10.1. The molecule has 1 saturated heterocycles. The lowest BCUT2D eigenvalue weighted by Gasteiger charge is -2.34. The van der Waals surface area contributed by atoms with E-state index in [-0.39, 0.29) is 0 Å². The number of hydrogen-bond donors (Lipinski definition) is 1. The normalized spacial score (nSPS) is 20.4. The van der Waals surface area contributed by atoms with Crippen LogP contribution in [-0.4, -0.2) is 51.2 Å². The number of rotatable bonds is 3. The van der Waals surface area contributed by atoms with Crippen LogP contribution in [0.1, 0.15) is 5.56 Å². The molecule has 0 spiro atoms. The van der Waals surface area contributed by atoms with Crippen LogP contribution < -0.4 is 10.2 Å². The Morgan fingerprint density at radius 1 is 1.44 bits per heavy atom. The van der Waals surface area contributed by atoms with E-state index >= 15 is 0 Å². The quantitative estimate of drug-likeness (QED) is 0.858. The fourth-order valence-corrected chi connectivity index (χ4v) is 2.34. The molecular weight excluding hydrogens is 224 g/mol. The summed E-state index contributed by atoms with van der Waals surface area (Å²) in [7, 11) is 4.26. The zero-order valence-corrected chi connectivity index (χ0v) is 11.1. The molecule has 0 amide bonds.